The molecular weight excluding hydrogens is 346 g/mol. The molecule has 0 bridgehead atoms. The molecule has 0 atom stereocenters. The minimum atomic E-state index is -3.66. The van der Waals surface area contributed by atoms with E-state index in [0.29, 0.717) is 31.2 Å². The summed E-state index contributed by atoms with van der Waals surface area (Å²) in [5.41, 5.74) is 1.16. The topological polar surface area (TPSA) is 64.4 Å². The van der Waals surface area contributed by atoms with Crippen LogP contribution >= 0.6 is 11.6 Å². The maximum Gasteiger partial charge on any atom is 0.244 e. The van der Waals surface area contributed by atoms with Gasteiger partial charge < -0.3 is 4.90 Å². The Balaban J connectivity index is 1.78. The molecule has 7 heteroatoms. The van der Waals surface area contributed by atoms with E-state index in [-0.39, 0.29) is 10.5 Å². The van der Waals surface area contributed by atoms with Crippen molar-refractivity contribution < 1.29 is 8.42 Å². The van der Waals surface area contributed by atoms with Crippen molar-refractivity contribution in [3.8, 4) is 6.07 Å². The van der Waals surface area contributed by atoms with Crippen molar-refractivity contribution in [1.82, 2.24) is 4.31 Å². The van der Waals surface area contributed by atoms with Crippen LogP contribution in [0.2, 0.25) is 5.02 Å². The maximum atomic E-state index is 12.8. The Morgan fingerprint density at radius 3 is 2.38 bits per heavy atom. The Bertz CT molecular complexity index is 885. The zero-order valence-corrected chi connectivity index (χ0v) is 14.5. The number of sulfonamides is 1. The van der Waals surface area contributed by atoms with Gasteiger partial charge in [-0.05, 0) is 30.3 Å². The second-order valence-corrected chi connectivity index (χ2v) is 7.82. The molecule has 0 aromatic heterocycles. The van der Waals surface area contributed by atoms with E-state index in [9.17, 15) is 8.42 Å². The predicted octanol–water partition coefficient (Wildman–Crippen LogP) is 2.72. The Morgan fingerprint density at radius 1 is 1.00 bits per heavy atom. The third-order valence-corrected chi connectivity index (χ3v) is 6.23. The molecule has 1 fully saturated rings. The molecule has 2 aromatic carbocycles. The summed E-state index contributed by atoms with van der Waals surface area (Å²) in [7, 11) is -3.66. The SMILES string of the molecule is N#Cc1ccccc1S(=O)(=O)N1CCN(c2cccc(Cl)c2)CC1. The Kier molecular flexibility index (Phi) is 4.76. The van der Waals surface area contributed by atoms with Gasteiger partial charge in [-0.25, -0.2) is 8.42 Å². The molecule has 124 valence electrons. The molecule has 0 spiro atoms. The molecule has 1 aliphatic heterocycles. The largest absolute Gasteiger partial charge is 0.369 e. The van der Waals surface area contributed by atoms with Crippen LogP contribution in [-0.4, -0.2) is 38.9 Å². The summed E-state index contributed by atoms with van der Waals surface area (Å²) in [6.45, 7) is 1.89. The Morgan fingerprint density at radius 2 is 1.71 bits per heavy atom. The monoisotopic (exact) mass is 361 g/mol. The quantitative estimate of drug-likeness (QED) is 0.843. The van der Waals surface area contributed by atoms with E-state index in [0.717, 1.165) is 5.69 Å². The first-order valence-corrected chi connectivity index (χ1v) is 9.34. The highest BCUT2D eigenvalue weighted by Gasteiger charge is 2.30. The average molecular weight is 362 g/mol. The van der Waals surface area contributed by atoms with Crippen molar-refractivity contribution >= 4 is 27.3 Å². The molecule has 0 aliphatic carbocycles. The van der Waals surface area contributed by atoms with Crippen molar-refractivity contribution in [3.05, 3.63) is 59.1 Å². The molecule has 0 unspecified atom stereocenters. The van der Waals surface area contributed by atoms with Crippen molar-refractivity contribution in [3.63, 3.8) is 0 Å². The fraction of sp³-hybridized carbons (Fsp3) is 0.235. The highest BCUT2D eigenvalue weighted by molar-refractivity contribution is 7.89. The first-order chi connectivity index (χ1) is 11.5. The standard InChI is InChI=1S/C17H16ClN3O2S/c18-15-5-3-6-16(12-15)20-8-10-21(11-9-20)24(22,23)17-7-2-1-4-14(17)13-19/h1-7,12H,8-11H2. The molecule has 3 rings (SSSR count). The molecule has 1 aliphatic rings. The van der Waals surface area contributed by atoms with Crippen molar-refractivity contribution in [2.45, 2.75) is 4.90 Å². The first-order valence-electron chi connectivity index (χ1n) is 7.52. The van der Waals surface area contributed by atoms with Crippen LogP contribution < -0.4 is 4.90 Å². The third kappa shape index (κ3) is 3.24. The highest BCUT2D eigenvalue weighted by atomic mass is 35.5. The fourth-order valence-corrected chi connectivity index (χ4v) is 4.53. The minimum absolute atomic E-state index is 0.0729. The van der Waals surface area contributed by atoms with Gasteiger partial charge in [0, 0.05) is 36.9 Å². The summed E-state index contributed by atoms with van der Waals surface area (Å²) in [5, 5.41) is 9.80. The van der Waals surface area contributed by atoms with Crippen LogP contribution in [0.4, 0.5) is 5.69 Å². The zero-order valence-electron chi connectivity index (χ0n) is 12.9. The molecule has 1 heterocycles. The number of halogens is 1. The normalized spacial score (nSPS) is 15.9. The molecule has 0 amide bonds. The number of anilines is 1. The maximum absolute atomic E-state index is 12.8. The minimum Gasteiger partial charge on any atom is -0.369 e. The fourth-order valence-electron chi connectivity index (χ4n) is 2.78. The molecule has 1 saturated heterocycles. The molecule has 5 nitrogen and oxygen atoms in total. The van der Waals surface area contributed by atoms with Crippen LogP contribution in [0, 0.1) is 11.3 Å². The molecule has 24 heavy (non-hydrogen) atoms. The Labute approximate surface area is 146 Å². The van der Waals surface area contributed by atoms with Crippen LogP contribution in [0.3, 0.4) is 0 Å². The van der Waals surface area contributed by atoms with Gasteiger partial charge in [0.15, 0.2) is 0 Å². The third-order valence-electron chi connectivity index (χ3n) is 4.04. The molecule has 2 aromatic rings. The zero-order chi connectivity index (χ0) is 17.2. The molecule has 0 N–H and O–H groups in total. The summed E-state index contributed by atoms with van der Waals surface area (Å²) in [5.74, 6) is 0. The second-order valence-electron chi connectivity index (χ2n) is 5.48. The summed E-state index contributed by atoms with van der Waals surface area (Å²) in [6.07, 6.45) is 0. The van der Waals surface area contributed by atoms with E-state index in [1.54, 1.807) is 12.1 Å². The van der Waals surface area contributed by atoms with Crippen molar-refractivity contribution in [2.75, 3.05) is 31.1 Å². The number of piperazine rings is 1. The number of hydrogen-bond donors (Lipinski definition) is 0. The lowest BCUT2D eigenvalue weighted by Crippen LogP contribution is -2.48. The van der Waals surface area contributed by atoms with Gasteiger partial charge >= 0.3 is 0 Å². The smallest absolute Gasteiger partial charge is 0.244 e. The van der Waals surface area contributed by atoms with E-state index in [4.69, 9.17) is 16.9 Å². The van der Waals surface area contributed by atoms with Crippen LogP contribution in [0.5, 0.6) is 0 Å². The van der Waals surface area contributed by atoms with Gasteiger partial charge in [0.25, 0.3) is 0 Å². The summed E-state index contributed by atoms with van der Waals surface area (Å²) >= 11 is 6.02. The van der Waals surface area contributed by atoms with Gasteiger partial charge in [0.1, 0.15) is 6.07 Å². The average Bonchev–Trinajstić information content (AvgIpc) is 2.62. The van der Waals surface area contributed by atoms with Crippen molar-refractivity contribution in [1.29, 1.82) is 5.26 Å². The summed E-state index contributed by atoms with van der Waals surface area (Å²) in [6, 6.07) is 15.8. The van der Waals surface area contributed by atoms with Gasteiger partial charge in [-0.2, -0.15) is 9.57 Å². The second kappa shape index (κ2) is 6.81. The van der Waals surface area contributed by atoms with Gasteiger partial charge in [0.05, 0.1) is 10.5 Å². The van der Waals surface area contributed by atoms with Crippen LogP contribution in [0.15, 0.2) is 53.4 Å². The first kappa shape index (κ1) is 16.8. The van der Waals surface area contributed by atoms with Gasteiger partial charge in [-0.15, -0.1) is 0 Å². The molecule has 0 radical (unpaired) electrons. The van der Waals surface area contributed by atoms with E-state index >= 15 is 0 Å². The summed E-state index contributed by atoms with van der Waals surface area (Å²) in [4.78, 5) is 2.18. The molecular formula is C17H16ClN3O2S. The lowest BCUT2D eigenvalue weighted by Gasteiger charge is -2.35. The molecule has 0 saturated carbocycles. The predicted molar refractivity (Wildman–Crippen MR) is 93.6 cm³/mol. The van der Waals surface area contributed by atoms with Gasteiger partial charge in [-0.1, -0.05) is 29.8 Å². The lowest BCUT2D eigenvalue weighted by molar-refractivity contribution is 0.385. The highest BCUT2D eigenvalue weighted by Crippen LogP contribution is 2.24. The number of hydrogen-bond acceptors (Lipinski definition) is 4. The number of nitrogens with zero attached hydrogens (tertiary/aromatic N) is 3. The van der Waals surface area contributed by atoms with Gasteiger partial charge in [-0.3, -0.25) is 0 Å². The van der Waals surface area contributed by atoms with E-state index in [2.05, 4.69) is 4.90 Å². The number of benzene rings is 2. The number of nitriles is 1. The van der Waals surface area contributed by atoms with Crippen LogP contribution in [-0.2, 0) is 10.0 Å². The van der Waals surface area contributed by atoms with E-state index in [1.807, 2.05) is 30.3 Å². The van der Waals surface area contributed by atoms with Crippen molar-refractivity contribution in [2.24, 2.45) is 0 Å². The van der Waals surface area contributed by atoms with E-state index < -0.39 is 10.0 Å². The Hall–Kier alpha value is -2.07. The summed E-state index contributed by atoms with van der Waals surface area (Å²) < 4.78 is 27.0. The van der Waals surface area contributed by atoms with E-state index in [1.165, 1.54) is 16.4 Å². The van der Waals surface area contributed by atoms with Crippen LogP contribution in [0.25, 0.3) is 0 Å². The van der Waals surface area contributed by atoms with Crippen LogP contribution in [0.1, 0.15) is 5.56 Å². The lowest BCUT2D eigenvalue weighted by atomic mass is 10.2. The van der Waals surface area contributed by atoms with Gasteiger partial charge in [0.2, 0.25) is 10.0 Å². The number of rotatable bonds is 3.